The molecule has 0 saturated carbocycles. The summed E-state index contributed by atoms with van der Waals surface area (Å²) in [5.74, 6) is 0.226. The highest BCUT2D eigenvalue weighted by Crippen LogP contribution is 2.10. The Balaban J connectivity index is 2.54. The molecule has 0 aliphatic heterocycles. The fraction of sp³-hybridized carbons (Fsp3) is 0.556. The average molecular weight is 228 g/mol. The number of nitrogens with zero attached hydrogens (tertiary/aromatic N) is 3. The molecular weight excluding hydrogens is 212 g/mol. The summed E-state index contributed by atoms with van der Waals surface area (Å²) in [6, 6.07) is 0. The van der Waals surface area contributed by atoms with Crippen LogP contribution in [0.5, 0.6) is 0 Å². The van der Waals surface area contributed by atoms with Crippen LogP contribution in [-0.2, 0) is 6.54 Å². The van der Waals surface area contributed by atoms with Crippen molar-refractivity contribution in [3.63, 3.8) is 0 Å². The first-order valence-corrected chi connectivity index (χ1v) is 5.63. The summed E-state index contributed by atoms with van der Waals surface area (Å²) in [7, 11) is 0. The van der Waals surface area contributed by atoms with Gasteiger partial charge in [-0.05, 0) is 13.5 Å². The molecule has 0 atom stereocenters. The van der Waals surface area contributed by atoms with Gasteiger partial charge in [-0.1, -0.05) is 12.1 Å². The van der Waals surface area contributed by atoms with Crippen LogP contribution in [0, 0.1) is 6.92 Å². The Morgan fingerprint density at radius 2 is 2.47 bits per heavy atom. The fourth-order valence-electron chi connectivity index (χ4n) is 1.25. The van der Waals surface area contributed by atoms with Crippen LogP contribution in [0.15, 0.2) is 10.5 Å². The van der Waals surface area contributed by atoms with E-state index in [4.69, 9.17) is 10.9 Å². The molecule has 0 aliphatic rings. The fourth-order valence-corrected chi connectivity index (χ4v) is 1.85. The quantitative estimate of drug-likeness (QED) is 0.341. The lowest BCUT2D eigenvalue weighted by atomic mass is 10.4. The minimum Gasteiger partial charge on any atom is -0.409 e. The van der Waals surface area contributed by atoms with Gasteiger partial charge < -0.3 is 10.9 Å². The molecule has 3 N–H and O–H groups in total. The zero-order valence-electron chi connectivity index (χ0n) is 8.97. The lowest BCUT2D eigenvalue weighted by Gasteiger charge is -2.17. The molecule has 0 saturated heterocycles. The van der Waals surface area contributed by atoms with Crippen molar-refractivity contribution in [1.82, 2.24) is 9.88 Å². The Morgan fingerprint density at radius 1 is 1.73 bits per heavy atom. The summed E-state index contributed by atoms with van der Waals surface area (Å²) in [6.45, 7) is 6.05. The van der Waals surface area contributed by atoms with Gasteiger partial charge in [-0.2, -0.15) is 0 Å². The number of rotatable bonds is 5. The third-order valence-corrected chi connectivity index (χ3v) is 2.84. The number of nitrogens with two attached hydrogens (primary N) is 1. The molecular formula is C9H16N4OS. The predicted molar refractivity (Wildman–Crippen MR) is 61.2 cm³/mol. The smallest absolute Gasteiger partial charge is 0.153 e. The first-order valence-electron chi connectivity index (χ1n) is 4.75. The van der Waals surface area contributed by atoms with E-state index in [1.807, 2.05) is 19.2 Å². The van der Waals surface area contributed by atoms with Crippen LogP contribution in [-0.4, -0.2) is 34.0 Å². The summed E-state index contributed by atoms with van der Waals surface area (Å²) in [5, 5.41) is 14.5. The van der Waals surface area contributed by atoms with Gasteiger partial charge in [-0.15, -0.1) is 11.3 Å². The third kappa shape index (κ3) is 3.85. The van der Waals surface area contributed by atoms with Gasteiger partial charge in [-0.25, -0.2) is 4.98 Å². The highest BCUT2D eigenvalue weighted by atomic mass is 32.1. The van der Waals surface area contributed by atoms with Crippen LogP contribution in [0.25, 0.3) is 0 Å². The predicted octanol–water partition coefficient (Wildman–Crippen LogP) is 1.02. The average Bonchev–Trinajstić information content (AvgIpc) is 2.62. The number of aromatic nitrogens is 1. The van der Waals surface area contributed by atoms with E-state index < -0.39 is 0 Å². The summed E-state index contributed by atoms with van der Waals surface area (Å²) in [5.41, 5.74) is 6.48. The molecule has 1 aromatic rings. The van der Waals surface area contributed by atoms with Gasteiger partial charge in [0.05, 0.1) is 17.2 Å². The van der Waals surface area contributed by atoms with E-state index in [1.165, 1.54) is 0 Å². The largest absolute Gasteiger partial charge is 0.409 e. The summed E-state index contributed by atoms with van der Waals surface area (Å²) in [6.07, 6.45) is 0. The Labute approximate surface area is 93.2 Å². The van der Waals surface area contributed by atoms with Crippen molar-refractivity contribution in [3.8, 4) is 0 Å². The highest BCUT2D eigenvalue weighted by molar-refractivity contribution is 7.09. The van der Waals surface area contributed by atoms with Crippen LogP contribution in [0.2, 0.25) is 0 Å². The van der Waals surface area contributed by atoms with Crippen LogP contribution < -0.4 is 5.73 Å². The monoisotopic (exact) mass is 228 g/mol. The first kappa shape index (κ1) is 11.9. The standard InChI is InChI=1S/C9H16N4OS/c1-3-13(5-9(10)12-14)4-8-6-15-7(2)11-8/h6,14H,3-5H2,1-2H3,(H2,10,12). The lowest BCUT2D eigenvalue weighted by Crippen LogP contribution is -2.33. The first-order chi connectivity index (χ1) is 7.15. The van der Waals surface area contributed by atoms with Crippen molar-refractivity contribution in [2.75, 3.05) is 13.1 Å². The second-order valence-electron chi connectivity index (χ2n) is 3.25. The van der Waals surface area contributed by atoms with Crippen molar-refractivity contribution in [2.45, 2.75) is 20.4 Å². The highest BCUT2D eigenvalue weighted by Gasteiger charge is 2.08. The Morgan fingerprint density at radius 3 is 2.93 bits per heavy atom. The van der Waals surface area contributed by atoms with E-state index in [-0.39, 0.29) is 5.84 Å². The Kier molecular flexibility index (Phi) is 4.51. The normalized spacial score (nSPS) is 12.3. The molecule has 0 fully saturated rings. The van der Waals surface area contributed by atoms with Gasteiger partial charge in [0.15, 0.2) is 5.84 Å². The van der Waals surface area contributed by atoms with Crippen molar-refractivity contribution in [1.29, 1.82) is 0 Å². The zero-order valence-corrected chi connectivity index (χ0v) is 9.79. The molecule has 0 amide bonds. The second kappa shape index (κ2) is 5.67. The molecule has 1 heterocycles. The number of amidine groups is 1. The van der Waals surface area contributed by atoms with Gasteiger partial charge in [0.25, 0.3) is 0 Å². The molecule has 5 nitrogen and oxygen atoms in total. The topological polar surface area (TPSA) is 74.7 Å². The molecule has 84 valence electrons. The van der Waals surface area contributed by atoms with Gasteiger partial charge in [0, 0.05) is 11.9 Å². The van der Waals surface area contributed by atoms with Gasteiger partial charge in [-0.3, -0.25) is 4.90 Å². The lowest BCUT2D eigenvalue weighted by molar-refractivity contribution is 0.293. The van der Waals surface area contributed by atoms with Gasteiger partial charge in [0.2, 0.25) is 0 Å². The van der Waals surface area contributed by atoms with Crippen molar-refractivity contribution in [3.05, 3.63) is 16.1 Å². The van der Waals surface area contributed by atoms with Crippen LogP contribution in [0.3, 0.4) is 0 Å². The van der Waals surface area contributed by atoms with E-state index >= 15 is 0 Å². The molecule has 0 unspecified atom stereocenters. The number of oxime groups is 1. The van der Waals surface area contributed by atoms with E-state index in [9.17, 15) is 0 Å². The van der Waals surface area contributed by atoms with Crippen LogP contribution >= 0.6 is 11.3 Å². The molecule has 1 rings (SSSR count). The summed E-state index contributed by atoms with van der Waals surface area (Å²) < 4.78 is 0. The van der Waals surface area contributed by atoms with Gasteiger partial charge in [0.1, 0.15) is 0 Å². The van der Waals surface area contributed by atoms with E-state index in [2.05, 4.69) is 15.0 Å². The number of likely N-dealkylation sites (N-methyl/N-ethyl adjacent to an activating group) is 1. The Bertz CT molecular complexity index is 337. The summed E-state index contributed by atoms with van der Waals surface area (Å²) in [4.78, 5) is 6.42. The summed E-state index contributed by atoms with van der Waals surface area (Å²) >= 11 is 1.63. The molecule has 15 heavy (non-hydrogen) atoms. The number of thiazole rings is 1. The molecule has 0 spiro atoms. The zero-order chi connectivity index (χ0) is 11.3. The van der Waals surface area contributed by atoms with E-state index in [0.717, 1.165) is 23.8 Å². The molecule has 0 bridgehead atoms. The van der Waals surface area contributed by atoms with Crippen molar-refractivity contribution < 1.29 is 5.21 Å². The minimum absolute atomic E-state index is 0.226. The van der Waals surface area contributed by atoms with Crippen LogP contribution in [0.1, 0.15) is 17.6 Å². The van der Waals surface area contributed by atoms with E-state index in [0.29, 0.717) is 6.54 Å². The maximum atomic E-state index is 8.47. The van der Waals surface area contributed by atoms with Crippen LogP contribution in [0.4, 0.5) is 0 Å². The molecule has 0 aromatic carbocycles. The minimum atomic E-state index is 0.226. The number of hydrogen-bond acceptors (Lipinski definition) is 5. The Hall–Kier alpha value is -1.14. The maximum absolute atomic E-state index is 8.47. The number of aryl methyl sites for hydroxylation is 1. The molecule has 6 heteroatoms. The van der Waals surface area contributed by atoms with Crippen molar-refractivity contribution >= 4 is 17.2 Å². The third-order valence-electron chi connectivity index (χ3n) is 2.01. The molecule has 0 radical (unpaired) electrons. The molecule has 1 aromatic heterocycles. The maximum Gasteiger partial charge on any atom is 0.153 e. The molecule has 0 aliphatic carbocycles. The van der Waals surface area contributed by atoms with E-state index in [1.54, 1.807) is 11.3 Å². The van der Waals surface area contributed by atoms with Gasteiger partial charge >= 0.3 is 0 Å². The second-order valence-corrected chi connectivity index (χ2v) is 4.31. The van der Waals surface area contributed by atoms with Crippen molar-refractivity contribution in [2.24, 2.45) is 10.9 Å². The SMILES string of the molecule is CCN(CC(N)=NO)Cc1csc(C)n1. The number of hydrogen-bond donors (Lipinski definition) is 2.